The van der Waals surface area contributed by atoms with Gasteiger partial charge >= 0.3 is 0 Å². The molecule has 1 unspecified atom stereocenters. The average Bonchev–Trinajstić information content (AvgIpc) is 2.45. The summed E-state index contributed by atoms with van der Waals surface area (Å²) >= 11 is 11.0. The van der Waals surface area contributed by atoms with E-state index in [1.807, 2.05) is 6.92 Å². The van der Waals surface area contributed by atoms with Crippen LogP contribution in [0.1, 0.15) is 18.2 Å². The highest BCUT2D eigenvalue weighted by Crippen LogP contribution is 2.19. The number of rotatable bonds is 5. The van der Waals surface area contributed by atoms with Crippen molar-refractivity contribution >= 4 is 38.9 Å². The topological polar surface area (TPSA) is 12.0 Å². The maximum atomic E-state index is 5.82. The molecule has 1 aromatic rings. The molecule has 1 atom stereocenters. The molecule has 0 spiro atoms. The Bertz CT molecular complexity index is 250. The standard InChI is InChI=1S/C9H13BrClNS/c1-7(11)2-3-12-5-9-4-8(10)6-13-9/h4,6-7,12H,2-3,5H2,1H3. The Morgan fingerprint density at radius 3 is 3.00 bits per heavy atom. The van der Waals surface area contributed by atoms with E-state index in [0.29, 0.717) is 0 Å². The fourth-order valence-electron chi connectivity index (χ4n) is 0.959. The quantitative estimate of drug-likeness (QED) is 0.642. The highest BCUT2D eigenvalue weighted by molar-refractivity contribution is 9.10. The average molecular weight is 283 g/mol. The van der Waals surface area contributed by atoms with Gasteiger partial charge in [0.2, 0.25) is 0 Å². The summed E-state index contributed by atoms with van der Waals surface area (Å²) in [4.78, 5) is 1.36. The minimum Gasteiger partial charge on any atom is -0.312 e. The molecule has 4 heteroatoms. The van der Waals surface area contributed by atoms with Crippen molar-refractivity contribution in [2.75, 3.05) is 6.54 Å². The molecule has 0 aliphatic heterocycles. The number of thiophene rings is 1. The molecule has 0 radical (unpaired) electrons. The molecule has 0 bridgehead atoms. The summed E-state index contributed by atoms with van der Waals surface area (Å²) in [5, 5.41) is 5.72. The van der Waals surface area contributed by atoms with E-state index < -0.39 is 0 Å². The first-order valence-corrected chi connectivity index (χ1v) is 6.37. The van der Waals surface area contributed by atoms with Gasteiger partial charge in [-0.15, -0.1) is 22.9 Å². The molecule has 0 saturated carbocycles. The predicted octanol–water partition coefficient (Wildman–Crippen LogP) is 3.62. The number of halogens is 2. The second kappa shape index (κ2) is 6.02. The summed E-state index contributed by atoms with van der Waals surface area (Å²) in [5.41, 5.74) is 0. The van der Waals surface area contributed by atoms with Crippen LogP contribution in [0.4, 0.5) is 0 Å². The van der Waals surface area contributed by atoms with Gasteiger partial charge in [-0.05, 0) is 41.9 Å². The van der Waals surface area contributed by atoms with Crippen molar-refractivity contribution in [1.82, 2.24) is 5.32 Å². The van der Waals surface area contributed by atoms with Crippen LogP contribution >= 0.6 is 38.9 Å². The lowest BCUT2D eigenvalue weighted by Crippen LogP contribution is -2.16. The van der Waals surface area contributed by atoms with E-state index in [2.05, 4.69) is 32.7 Å². The van der Waals surface area contributed by atoms with Crippen molar-refractivity contribution in [3.63, 3.8) is 0 Å². The van der Waals surface area contributed by atoms with E-state index in [9.17, 15) is 0 Å². The summed E-state index contributed by atoms with van der Waals surface area (Å²) in [6, 6.07) is 2.14. The molecular formula is C9H13BrClNS. The van der Waals surface area contributed by atoms with E-state index in [4.69, 9.17) is 11.6 Å². The minimum atomic E-state index is 0.266. The molecule has 1 nitrogen and oxygen atoms in total. The van der Waals surface area contributed by atoms with Crippen molar-refractivity contribution in [2.24, 2.45) is 0 Å². The highest BCUT2D eigenvalue weighted by Gasteiger charge is 1.98. The second-order valence-corrected chi connectivity index (χ2v) is 5.63. The first-order valence-electron chi connectivity index (χ1n) is 4.26. The number of hydrogen-bond acceptors (Lipinski definition) is 2. The van der Waals surface area contributed by atoms with Gasteiger partial charge in [-0.2, -0.15) is 0 Å². The Labute approximate surface area is 96.6 Å². The van der Waals surface area contributed by atoms with Crippen molar-refractivity contribution in [1.29, 1.82) is 0 Å². The van der Waals surface area contributed by atoms with Crippen molar-refractivity contribution in [3.05, 3.63) is 20.8 Å². The van der Waals surface area contributed by atoms with Gasteiger partial charge in [0.15, 0.2) is 0 Å². The summed E-state index contributed by atoms with van der Waals surface area (Å²) in [6.45, 7) is 3.95. The van der Waals surface area contributed by atoms with Crippen LogP contribution in [0.5, 0.6) is 0 Å². The highest BCUT2D eigenvalue weighted by atomic mass is 79.9. The lowest BCUT2D eigenvalue weighted by atomic mass is 10.3. The van der Waals surface area contributed by atoms with Gasteiger partial charge in [-0.25, -0.2) is 0 Å². The maximum absolute atomic E-state index is 5.82. The summed E-state index contributed by atoms with van der Waals surface area (Å²) in [5.74, 6) is 0. The molecule has 0 aliphatic rings. The maximum Gasteiger partial charge on any atom is 0.0319 e. The van der Waals surface area contributed by atoms with Gasteiger partial charge in [0.1, 0.15) is 0 Å². The molecule has 13 heavy (non-hydrogen) atoms. The zero-order valence-electron chi connectivity index (χ0n) is 7.52. The third kappa shape index (κ3) is 5.01. The Hall–Kier alpha value is 0.430. The largest absolute Gasteiger partial charge is 0.312 e. The van der Waals surface area contributed by atoms with Crippen LogP contribution in [0, 0.1) is 0 Å². The fourth-order valence-corrected chi connectivity index (χ4v) is 2.49. The molecule has 1 heterocycles. The molecule has 0 fully saturated rings. The molecule has 0 aromatic carbocycles. The van der Waals surface area contributed by atoms with E-state index >= 15 is 0 Å². The molecule has 0 amide bonds. The Morgan fingerprint density at radius 2 is 2.46 bits per heavy atom. The van der Waals surface area contributed by atoms with Crippen LogP contribution in [-0.2, 0) is 6.54 Å². The van der Waals surface area contributed by atoms with Gasteiger partial charge < -0.3 is 5.32 Å². The molecule has 74 valence electrons. The van der Waals surface area contributed by atoms with Crippen molar-refractivity contribution in [3.8, 4) is 0 Å². The smallest absolute Gasteiger partial charge is 0.0319 e. The van der Waals surface area contributed by atoms with Crippen LogP contribution in [0.2, 0.25) is 0 Å². The summed E-state index contributed by atoms with van der Waals surface area (Å²) in [7, 11) is 0. The number of alkyl halides is 1. The van der Waals surface area contributed by atoms with Gasteiger partial charge in [0, 0.05) is 26.7 Å². The molecule has 0 aliphatic carbocycles. The third-order valence-electron chi connectivity index (χ3n) is 1.64. The fraction of sp³-hybridized carbons (Fsp3) is 0.556. The van der Waals surface area contributed by atoms with E-state index in [0.717, 1.165) is 19.5 Å². The van der Waals surface area contributed by atoms with E-state index in [-0.39, 0.29) is 5.38 Å². The lowest BCUT2D eigenvalue weighted by Gasteiger charge is -2.03. The SMILES string of the molecule is CC(Cl)CCNCc1cc(Br)cs1. The zero-order valence-corrected chi connectivity index (χ0v) is 10.7. The normalized spacial score (nSPS) is 13.2. The van der Waals surface area contributed by atoms with Gasteiger partial charge in [-0.3, -0.25) is 0 Å². The predicted molar refractivity (Wildman–Crippen MR) is 63.7 cm³/mol. The molecule has 0 saturated heterocycles. The van der Waals surface area contributed by atoms with Crippen LogP contribution < -0.4 is 5.32 Å². The molecular weight excluding hydrogens is 270 g/mol. The minimum absolute atomic E-state index is 0.266. The first-order chi connectivity index (χ1) is 6.18. The lowest BCUT2D eigenvalue weighted by molar-refractivity contribution is 0.649. The Balaban J connectivity index is 2.13. The molecule has 1 N–H and O–H groups in total. The van der Waals surface area contributed by atoms with Crippen LogP contribution in [0.3, 0.4) is 0 Å². The first kappa shape index (κ1) is 11.5. The van der Waals surface area contributed by atoms with Gasteiger partial charge in [-0.1, -0.05) is 0 Å². The number of hydrogen-bond donors (Lipinski definition) is 1. The Morgan fingerprint density at radius 1 is 1.69 bits per heavy atom. The van der Waals surface area contributed by atoms with E-state index in [1.54, 1.807) is 11.3 Å². The zero-order chi connectivity index (χ0) is 9.68. The summed E-state index contributed by atoms with van der Waals surface area (Å²) < 4.78 is 1.17. The monoisotopic (exact) mass is 281 g/mol. The molecule has 1 rings (SSSR count). The summed E-state index contributed by atoms with van der Waals surface area (Å²) in [6.07, 6.45) is 1.02. The van der Waals surface area contributed by atoms with Gasteiger partial charge in [0.25, 0.3) is 0 Å². The van der Waals surface area contributed by atoms with Crippen LogP contribution in [0.25, 0.3) is 0 Å². The van der Waals surface area contributed by atoms with Crippen LogP contribution in [-0.4, -0.2) is 11.9 Å². The van der Waals surface area contributed by atoms with E-state index in [1.165, 1.54) is 9.35 Å². The van der Waals surface area contributed by atoms with Crippen LogP contribution in [0.15, 0.2) is 15.9 Å². The van der Waals surface area contributed by atoms with Gasteiger partial charge in [0.05, 0.1) is 0 Å². The molecule has 1 aromatic heterocycles. The Kier molecular flexibility index (Phi) is 5.32. The van der Waals surface area contributed by atoms with Crippen molar-refractivity contribution in [2.45, 2.75) is 25.3 Å². The van der Waals surface area contributed by atoms with Crippen molar-refractivity contribution < 1.29 is 0 Å². The second-order valence-electron chi connectivity index (χ2n) is 2.98. The third-order valence-corrected chi connectivity index (χ3v) is 3.56. The number of nitrogens with one attached hydrogen (secondary N) is 1.